The first-order valence-electron chi connectivity index (χ1n) is 12.6. The number of aryl methyl sites for hydroxylation is 1. The number of para-hydroxylation sites is 1. The highest BCUT2D eigenvalue weighted by Gasteiger charge is 2.22. The molecule has 1 N–H and O–H groups in total. The van der Waals surface area contributed by atoms with Crippen LogP contribution in [0.5, 0.6) is 5.75 Å². The zero-order valence-corrected chi connectivity index (χ0v) is 22.4. The molecule has 1 fully saturated rings. The number of anilines is 1. The van der Waals surface area contributed by atoms with Crippen LogP contribution >= 0.6 is 11.8 Å². The number of hydrogen-bond acceptors (Lipinski definition) is 7. The lowest BCUT2D eigenvalue weighted by molar-refractivity contribution is -0.129. The van der Waals surface area contributed by atoms with Gasteiger partial charge in [-0.05, 0) is 43.2 Å². The SMILES string of the molecule is CCc1ccc(O[C@@H](C)C(=O)NCc2nnc(SCC(=O)N3CCN(c4ccccc4)CC3)n2C)cc1. The summed E-state index contributed by atoms with van der Waals surface area (Å²) in [5.41, 5.74) is 2.40. The molecule has 37 heavy (non-hydrogen) atoms. The van der Waals surface area contributed by atoms with E-state index < -0.39 is 6.10 Å². The van der Waals surface area contributed by atoms with Gasteiger partial charge in [0.2, 0.25) is 5.91 Å². The number of rotatable bonds is 10. The van der Waals surface area contributed by atoms with Gasteiger partial charge in [-0.25, -0.2) is 0 Å². The van der Waals surface area contributed by atoms with Gasteiger partial charge in [-0.15, -0.1) is 10.2 Å². The van der Waals surface area contributed by atoms with Crippen LogP contribution in [0.25, 0.3) is 0 Å². The number of carbonyl (C=O) groups excluding carboxylic acids is 2. The van der Waals surface area contributed by atoms with Gasteiger partial charge in [0.05, 0.1) is 12.3 Å². The maximum Gasteiger partial charge on any atom is 0.261 e. The van der Waals surface area contributed by atoms with Gasteiger partial charge < -0.3 is 24.4 Å². The standard InChI is InChI=1S/C27H34N6O3S/c1-4-21-10-12-23(13-11-21)36-20(2)26(35)28-18-24-29-30-27(31(24)3)37-19-25(34)33-16-14-32(15-17-33)22-8-6-5-7-9-22/h5-13,20H,4,14-19H2,1-3H3,(H,28,35)/t20-/m0/s1. The minimum atomic E-state index is -0.644. The number of benzene rings is 2. The average Bonchev–Trinajstić information content (AvgIpc) is 3.30. The molecule has 4 rings (SSSR count). The van der Waals surface area contributed by atoms with Crippen molar-refractivity contribution < 1.29 is 14.3 Å². The van der Waals surface area contributed by atoms with E-state index in [4.69, 9.17) is 4.74 Å². The monoisotopic (exact) mass is 522 g/mol. The molecule has 1 aliphatic rings. The number of nitrogens with one attached hydrogen (secondary N) is 1. The number of carbonyl (C=O) groups is 2. The zero-order chi connectivity index (χ0) is 26.2. The molecule has 0 saturated carbocycles. The molecule has 1 saturated heterocycles. The number of thioether (sulfide) groups is 1. The minimum absolute atomic E-state index is 0.0912. The number of hydrogen-bond donors (Lipinski definition) is 1. The maximum absolute atomic E-state index is 12.8. The smallest absolute Gasteiger partial charge is 0.261 e. The van der Waals surface area contributed by atoms with Crippen molar-refractivity contribution in [3.05, 3.63) is 66.0 Å². The predicted octanol–water partition coefficient (Wildman–Crippen LogP) is 2.90. The fourth-order valence-electron chi connectivity index (χ4n) is 4.07. The van der Waals surface area contributed by atoms with Crippen LogP contribution in [0.2, 0.25) is 0 Å². The van der Waals surface area contributed by atoms with Crippen molar-refractivity contribution in [1.29, 1.82) is 0 Å². The molecule has 196 valence electrons. The summed E-state index contributed by atoms with van der Waals surface area (Å²) in [5, 5.41) is 11.9. The summed E-state index contributed by atoms with van der Waals surface area (Å²) < 4.78 is 7.56. The number of amides is 2. The van der Waals surface area contributed by atoms with Gasteiger partial charge in [-0.3, -0.25) is 9.59 Å². The van der Waals surface area contributed by atoms with E-state index in [0.29, 0.717) is 35.6 Å². The number of piperazine rings is 1. The van der Waals surface area contributed by atoms with Gasteiger partial charge in [0.1, 0.15) is 5.75 Å². The first-order valence-corrected chi connectivity index (χ1v) is 13.5. The van der Waals surface area contributed by atoms with Crippen LogP contribution in [0.3, 0.4) is 0 Å². The molecular formula is C27H34N6O3S. The van der Waals surface area contributed by atoms with Crippen LogP contribution in [-0.2, 0) is 29.6 Å². The fraction of sp³-hybridized carbons (Fsp3) is 0.407. The van der Waals surface area contributed by atoms with Gasteiger partial charge in [0.25, 0.3) is 5.91 Å². The number of nitrogens with zero attached hydrogens (tertiary/aromatic N) is 5. The topological polar surface area (TPSA) is 92.6 Å². The molecule has 10 heteroatoms. The summed E-state index contributed by atoms with van der Waals surface area (Å²) in [5.74, 6) is 1.42. The number of aromatic nitrogens is 3. The lowest BCUT2D eigenvalue weighted by atomic mass is 10.2. The Morgan fingerprint density at radius 3 is 2.41 bits per heavy atom. The van der Waals surface area contributed by atoms with E-state index in [2.05, 4.69) is 39.5 Å². The predicted molar refractivity (Wildman–Crippen MR) is 145 cm³/mol. The van der Waals surface area contributed by atoms with Crippen LogP contribution in [0.15, 0.2) is 59.8 Å². The normalized spacial score (nSPS) is 14.4. The van der Waals surface area contributed by atoms with Crippen molar-refractivity contribution in [1.82, 2.24) is 25.0 Å². The Kier molecular flexibility index (Phi) is 9.05. The summed E-state index contributed by atoms with van der Waals surface area (Å²) in [6.45, 7) is 7.07. The molecule has 1 aliphatic heterocycles. The van der Waals surface area contributed by atoms with Crippen molar-refractivity contribution in [2.75, 3.05) is 36.8 Å². The van der Waals surface area contributed by atoms with E-state index in [9.17, 15) is 9.59 Å². The van der Waals surface area contributed by atoms with Gasteiger partial charge in [0, 0.05) is 38.9 Å². The van der Waals surface area contributed by atoms with Crippen molar-refractivity contribution >= 4 is 29.3 Å². The summed E-state index contributed by atoms with van der Waals surface area (Å²) in [4.78, 5) is 29.5. The van der Waals surface area contributed by atoms with Crippen LogP contribution < -0.4 is 15.0 Å². The van der Waals surface area contributed by atoms with Gasteiger partial charge in [0.15, 0.2) is 17.1 Å². The highest BCUT2D eigenvalue weighted by molar-refractivity contribution is 7.99. The quantitative estimate of drug-likeness (QED) is 0.409. The Balaban J connectivity index is 1.20. The molecule has 1 atom stereocenters. The summed E-state index contributed by atoms with van der Waals surface area (Å²) in [6.07, 6.45) is 0.309. The Morgan fingerprint density at radius 1 is 1.03 bits per heavy atom. The largest absolute Gasteiger partial charge is 0.481 e. The Labute approximate surface area is 222 Å². The van der Waals surface area contributed by atoms with E-state index in [1.165, 1.54) is 23.0 Å². The lowest BCUT2D eigenvalue weighted by Gasteiger charge is -2.36. The molecule has 0 radical (unpaired) electrons. The highest BCUT2D eigenvalue weighted by atomic mass is 32.2. The second-order valence-corrected chi connectivity index (χ2v) is 9.87. The van der Waals surface area contributed by atoms with Crippen molar-refractivity contribution in [2.45, 2.75) is 38.1 Å². The van der Waals surface area contributed by atoms with Gasteiger partial charge in [-0.1, -0.05) is 49.0 Å². The van der Waals surface area contributed by atoms with E-state index in [1.54, 1.807) is 11.5 Å². The van der Waals surface area contributed by atoms with Gasteiger partial charge in [-0.2, -0.15) is 0 Å². The molecule has 0 aliphatic carbocycles. The molecule has 9 nitrogen and oxygen atoms in total. The molecule has 0 unspecified atom stereocenters. The first-order chi connectivity index (χ1) is 17.9. The van der Waals surface area contributed by atoms with E-state index >= 15 is 0 Å². The van der Waals surface area contributed by atoms with Crippen molar-refractivity contribution in [3.63, 3.8) is 0 Å². The minimum Gasteiger partial charge on any atom is -0.481 e. The van der Waals surface area contributed by atoms with E-state index in [1.807, 2.05) is 54.4 Å². The van der Waals surface area contributed by atoms with Crippen molar-refractivity contribution in [3.8, 4) is 5.75 Å². The molecule has 1 aromatic heterocycles. The zero-order valence-electron chi connectivity index (χ0n) is 21.6. The Hall–Kier alpha value is -3.53. The molecule has 0 spiro atoms. The third kappa shape index (κ3) is 7.03. The molecule has 2 aromatic carbocycles. The van der Waals surface area contributed by atoms with E-state index in [-0.39, 0.29) is 18.4 Å². The van der Waals surface area contributed by atoms with E-state index in [0.717, 1.165) is 19.5 Å². The Bertz CT molecular complexity index is 1180. The van der Waals surface area contributed by atoms with Crippen LogP contribution in [-0.4, -0.2) is 69.5 Å². The molecule has 2 heterocycles. The Morgan fingerprint density at radius 2 is 1.73 bits per heavy atom. The third-order valence-corrected chi connectivity index (χ3v) is 7.44. The molecule has 0 bridgehead atoms. The van der Waals surface area contributed by atoms with Crippen LogP contribution in [0, 0.1) is 0 Å². The lowest BCUT2D eigenvalue weighted by Crippen LogP contribution is -2.49. The molecule has 2 amide bonds. The fourth-order valence-corrected chi connectivity index (χ4v) is 4.90. The summed E-state index contributed by atoms with van der Waals surface area (Å²) >= 11 is 1.36. The molecule has 3 aromatic rings. The van der Waals surface area contributed by atoms with Crippen molar-refractivity contribution in [2.24, 2.45) is 7.05 Å². The third-order valence-electron chi connectivity index (χ3n) is 6.44. The van der Waals surface area contributed by atoms with Crippen LogP contribution in [0.1, 0.15) is 25.2 Å². The molecular weight excluding hydrogens is 488 g/mol. The van der Waals surface area contributed by atoms with Gasteiger partial charge >= 0.3 is 0 Å². The summed E-state index contributed by atoms with van der Waals surface area (Å²) in [7, 11) is 1.84. The average molecular weight is 523 g/mol. The highest BCUT2D eigenvalue weighted by Crippen LogP contribution is 2.19. The second-order valence-electron chi connectivity index (χ2n) is 8.93. The first kappa shape index (κ1) is 26.5. The number of ether oxygens (including phenoxy) is 1. The second kappa shape index (κ2) is 12.6. The summed E-state index contributed by atoms with van der Waals surface area (Å²) in [6, 6.07) is 18.0. The maximum atomic E-state index is 12.8. The van der Waals surface area contributed by atoms with Crippen LogP contribution in [0.4, 0.5) is 5.69 Å².